The number of carbonyl (C=O) groups is 2. The van der Waals surface area contributed by atoms with Crippen LogP contribution in [0.15, 0.2) is 72.8 Å². The van der Waals surface area contributed by atoms with E-state index in [1.807, 2.05) is 26.0 Å². The molecule has 0 atom stereocenters. The Morgan fingerprint density at radius 3 is 2.15 bits per heavy atom. The number of halogens is 3. The van der Waals surface area contributed by atoms with Gasteiger partial charge in [0.2, 0.25) is 0 Å². The lowest BCUT2D eigenvalue weighted by Gasteiger charge is -2.35. The molecule has 0 bridgehead atoms. The topological polar surface area (TPSA) is 73.5 Å². The van der Waals surface area contributed by atoms with E-state index in [0.717, 1.165) is 50.2 Å². The highest BCUT2D eigenvalue weighted by molar-refractivity contribution is 6.04. The van der Waals surface area contributed by atoms with Crippen LogP contribution in [0.5, 0.6) is 0 Å². The number of nitrogens with zero attached hydrogens (tertiary/aromatic N) is 1. The third-order valence-corrected chi connectivity index (χ3v) is 6.96. The van der Waals surface area contributed by atoms with Crippen molar-refractivity contribution in [3.05, 3.63) is 89.5 Å². The lowest BCUT2D eigenvalue weighted by atomic mass is 9.89. The van der Waals surface area contributed by atoms with Crippen molar-refractivity contribution < 1.29 is 22.8 Å². The molecule has 40 heavy (non-hydrogen) atoms. The molecule has 4 rings (SSSR count). The number of urea groups is 1. The molecule has 0 saturated carbocycles. The van der Waals surface area contributed by atoms with Gasteiger partial charge in [0.1, 0.15) is 0 Å². The summed E-state index contributed by atoms with van der Waals surface area (Å²) in [5.41, 5.74) is 2.44. The summed E-state index contributed by atoms with van der Waals surface area (Å²) >= 11 is 0. The Labute approximate surface area is 233 Å². The summed E-state index contributed by atoms with van der Waals surface area (Å²) in [4.78, 5) is 28.0. The molecule has 3 N–H and O–H groups in total. The number of anilines is 3. The maximum absolute atomic E-state index is 13.2. The largest absolute Gasteiger partial charge is 0.416 e. The van der Waals surface area contributed by atoms with E-state index in [9.17, 15) is 22.8 Å². The minimum absolute atomic E-state index is 0.218. The van der Waals surface area contributed by atoms with E-state index in [0.29, 0.717) is 23.7 Å². The van der Waals surface area contributed by atoms with Crippen LogP contribution in [-0.2, 0) is 12.6 Å². The summed E-state index contributed by atoms with van der Waals surface area (Å²) in [6.45, 7) is 6.19. The van der Waals surface area contributed by atoms with Crippen LogP contribution in [0.4, 0.5) is 35.0 Å². The fourth-order valence-electron chi connectivity index (χ4n) is 4.82. The van der Waals surface area contributed by atoms with Gasteiger partial charge < -0.3 is 20.9 Å². The van der Waals surface area contributed by atoms with E-state index in [1.54, 1.807) is 12.1 Å². The number of hydrogen-bond donors (Lipinski definition) is 3. The summed E-state index contributed by atoms with van der Waals surface area (Å²) in [6, 6.07) is 19.3. The van der Waals surface area contributed by atoms with Gasteiger partial charge in [0.05, 0.1) is 11.1 Å². The molecule has 0 aromatic heterocycles. The van der Waals surface area contributed by atoms with Crippen LogP contribution in [0.1, 0.15) is 48.2 Å². The summed E-state index contributed by atoms with van der Waals surface area (Å²) in [5.74, 6) is 0.630. The Kier molecular flexibility index (Phi) is 9.34. The van der Waals surface area contributed by atoms with Crippen molar-refractivity contribution in [3.63, 3.8) is 0 Å². The predicted molar refractivity (Wildman–Crippen MR) is 153 cm³/mol. The first-order chi connectivity index (χ1) is 19.1. The van der Waals surface area contributed by atoms with Crippen LogP contribution in [0.25, 0.3) is 0 Å². The third kappa shape index (κ3) is 8.00. The summed E-state index contributed by atoms with van der Waals surface area (Å²) in [5, 5.41) is 8.19. The van der Waals surface area contributed by atoms with Crippen molar-refractivity contribution in [2.24, 2.45) is 11.8 Å². The van der Waals surface area contributed by atoms with Gasteiger partial charge in [-0.1, -0.05) is 44.2 Å². The lowest BCUT2D eigenvalue weighted by Crippen LogP contribution is -2.36. The first-order valence-corrected chi connectivity index (χ1v) is 13.5. The highest BCUT2D eigenvalue weighted by atomic mass is 19.4. The second kappa shape index (κ2) is 12.9. The molecule has 0 spiro atoms. The second-order valence-corrected chi connectivity index (χ2v) is 10.6. The number of rotatable bonds is 8. The maximum atomic E-state index is 13.2. The quantitative estimate of drug-likeness (QED) is 0.277. The molecule has 1 aliphatic heterocycles. The van der Waals surface area contributed by atoms with E-state index in [1.165, 1.54) is 17.7 Å². The van der Waals surface area contributed by atoms with Crippen LogP contribution in [0.2, 0.25) is 0 Å². The molecule has 1 saturated heterocycles. The van der Waals surface area contributed by atoms with Crippen molar-refractivity contribution in [2.75, 3.05) is 35.2 Å². The van der Waals surface area contributed by atoms with Crippen LogP contribution >= 0.6 is 0 Å². The summed E-state index contributed by atoms with van der Waals surface area (Å²) < 4.78 is 38.4. The number of nitrogens with one attached hydrogen (secondary N) is 3. The zero-order valence-corrected chi connectivity index (χ0v) is 22.7. The number of piperidine rings is 1. The van der Waals surface area contributed by atoms with Crippen LogP contribution < -0.4 is 20.9 Å². The molecule has 1 aliphatic rings. The standard InChI is InChI=1S/C31H35F3N4O2/c1-21(2)20-35-29(39)27-19-26(37-30(40)36-25-10-8-24(9-11-25)31(32,33)34)12-13-28(27)38-16-14-23(15-17-38)18-22-6-4-3-5-7-22/h3-13,19,21,23H,14-18,20H2,1-2H3,(H,35,39)(H2,36,37,40). The van der Waals surface area contributed by atoms with E-state index in [4.69, 9.17) is 0 Å². The Morgan fingerprint density at radius 2 is 1.52 bits per heavy atom. The van der Waals surface area contributed by atoms with Crippen LogP contribution in [-0.4, -0.2) is 31.6 Å². The Morgan fingerprint density at radius 1 is 0.900 bits per heavy atom. The Hall–Kier alpha value is -4.01. The molecule has 1 heterocycles. The molecule has 1 fully saturated rings. The van der Waals surface area contributed by atoms with Crippen LogP contribution in [0, 0.1) is 11.8 Å². The first-order valence-electron chi connectivity index (χ1n) is 13.5. The molecule has 6 nitrogen and oxygen atoms in total. The Bertz CT molecular complexity index is 1290. The minimum Gasteiger partial charge on any atom is -0.371 e. The monoisotopic (exact) mass is 552 g/mol. The zero-order chi connectivity index (χ0) is 28.7. The van der Waals surface area contributed by atoms with Crippen molar-refractivity contribution in [2.45, 2.75) is 39.3 Å². The van der Waals surface area contributed by atoms with E-state index in [2.05, 4.69) is 45.1 Å². The van der Waals surface area contributed by atoms with Gasteiger partial charge in [-0.15, -0.1) is 0 Å². The van der Waals surface area contributed by atoms with Gasteiger partial charge in [0, 0.05) is 36.7 Å². The van der Waals surface area contributed by atoms with Crippen molar-refractivity contribution in [1.82, 2.24) is 5.32 Å². The number of amides is 3. The molecule has 3 aromatic carbocycles. The molecule has 3 aromatic rings. The van der Waals surface area contributed by atoms with Gasteiger partial charge in [-0.25, -0.2) is 4.79 Å². The normalized spacial score (nSPS) is 14.2. The third-order valence-electron chi connectivity index (χ3n) is 6.96. The van der Waals surface area contributed by atoms with Crippen molar-refractivity contribution >= 4 is 29.0 Å². The van der Waals surface area contributed by atoms with Gasteiger partial charge in [0.25, 0.3) is 5.91 Å². The molecule has 0 radical (unpaired) electrons. The maximum Gasteiger partial charge on any atom is 0.416 e. The summed E-state index contributed by atoms with van der Waals surface area (Å²) in [7, 11) is 0. The second-order valence-electron chi connectivity index (χ2n) is 10.6. The highest BCUT2D eigenvalue weighted by Gasteiger charge is 2.30. The minimum atomic E-state index is -4.45. The molecule has 212 valence electrons. The van der Waals surface area contributed by atoms with Crippen molar-refractivity contribution in [3.8, 4) is 0 Å². The Balaban J connectivity index is 1.44. The van der Waals surface area contributed by atoms with E-state index < -0.39 is 17.8 Å². The van der Waals surface area contributed by atoms with Gasteiger partial charge in [0.15, 0.2) is 0 Å². The van der Waals surface area contributed by atoms with E-state index in [-0.39, 0.29) is 17.5 Å². The predicted octanol–water partition coefficient (Wildman–Crippen LogP) is 7.19. The lowest BCUT2D eigenvalue weighted by molar-refractivity contribution is -0.137. The van der Waals surface area contributed by atoms with Crippen molar-refractivity contribution in [1.29, 1.82) is 0 Å². The average Bonchev–Trinajstić information content (AvgIpc) is 2.92. The summed E-state index contributed by atoms with van der Waals surface area (Å²) in [6.07, 6.45) is -1.39. The number of benzene rings is 3. The molecular weight excluding hydrogens is 517 g/mol. The molecule has 0 aliphatic carbocycles. The van der Waals surface area contributed by atoms with E-state index >= 15 is 0 Å². The van der Waals surface area contributed by atoms with Gasteiger partial charge in [-0.2, -0.15) is 13.2 Å². The highest BCUT2D eigenvalue weighted by Crippen LogP contribution is 2.31. The number of carbonyl (C=O) groups excluding carboxylic acids is 2. The number of alkyl halides is 3. The smallest absolute Gasteiger partial charge is 0.371 e. The van der Waals surface area contributed by atoms with Gasteiger partial charge >= 0.3 is 12.2 Å². The molecular formula is C31H35F3N4O2. The molecule has 0 unspecified atom stereocenters. The van der Waals surface area contributed by atoms with Gasteiger partial charge in [-0.05, 0) is 79.1 Å². The molecule has 9 heteroatoms. The SMILES string of the molecule is CC(C)CNC(=O)c1cc(NC(=O)Nc2ccc(C(F)(F)F)cc2)ccc1N1CCC(Cc2ccccc2)CC1. The van der Waals surface area contributed by atoms with Crippen LogP contribution in [0.3, 0.4) is 0 Å². The number of hydrogen-bond acceptors (Lipinski definition) is 3. The average molecular weight is 553 g/mol. The fourth-order valence-corrected chi connectivity index (χ4v) is 4.82. The first kappa shape index (κ1) is 29.0. The fraction of sp³-hybridized carbons (Fsp3) is 0.355. The zero-order valence-electron chi connectivity index (χ0n) is 22.7. The van der Waals surface area contributed by atoms with Gasteiger partial charge in [-0.3, -0.25) is 4.79 Å². The molecule has 3 amide bonds.